The summed E-state index contributed by atoms with van der Waals surface area (Å²) in [5.41, 5.74) is 1.09. The number of carbonyl (C=O) groups is 1. The van der Waals surface area contributed by atoms with Gasteiger partial charge in [0.25, 0.3) is 0 Å². The summed E-state index contributed by atoms with van der Waals surface area (Å²) in [4.78, 5) is 18.0. The topological polar surface area (TPSA) is 30.0 Å². The van der Waals surface area contributed by atoms with Gasteiger partial charge in [0.15, 0.2) is 0 Å². The van der Waals surface area contributed by atoms with Crippen LogP contribution in [0.25, 0.3) is 0 Å². The first-order chi connectivity index (χ1) is 8.13. The lowest BCUT2D eigenvalue weighted by molar-refractivity contribution is -0.123. The Morgan fingerprint density at radius 3 is 2.71 bits per heavy atom. The Labute approximate surface area is 106 Å². The first-order valence-electron chi connectivity index (χ1n) is 6.59. The third kappa shape index (κ3) is 2.05. The predicted molar refractivity (Wildman–Crippen MR) is 69.2 cm³/mol. The minimum Gasteiger partial charge on any atom is -0.299 e. The van der Waals surface area contributed by atoms with Gasteiger partial charge in [-0.3, -0.25) is 4.79 Å². The van der Waals surface area contributed by atoms with E-state index in [2.05, 4.69) is 11.9 Å². The van der Waals surface area contributed by atoms with Crippen LogP contribution in [-0.4, -0.2) is 10.8 Å². The number of thiazole rings is 1. The first-order valence-corrected chi connectivity index (χ1v) is 7.40. The number of fused-ring (bicyclic) bond motifs is 2. The highest BCUT2D eigenvalue weighted by atomic mass is 32.1. The number of hydrogen-bond donors (Lipinski definition) is 0. The minimum absolute atomic E-state index is 0.360. The monoisotopic (exact) mass is 249 g/mol. The van der Waals surface area contributed by atoms with E-state index < -0.39 is 0 Å². The second kappa shape index (κ2) is 4.20. The lowest BCUT2D eigenvalue weighted by Gasteiger charge is -2.19. The second-order valence-corrected chi connectivity index (χ2v) is 6.96. The largest absolute Gasteiger partial charge is 0.299 e. The molecule has 0 saturated heterocycles. The Balaban J connectivity index is 1.67. The summed E-state index contributed by atoms with van der Waals surface area (Å²) in [6, 6.07) is 0. The zero-order chi connectivity index (χ0) is 12.0. The summed E-state index contributed by atoms with van der Waals surface area (Å²) in [7, 11) is 0. The van der Waals surface area contributed by atoms with Crippen LogP contribution in [-0.2, 0) is 11.2 Å². The molecule has 1 heterocycles. The molecule has 0 aromatic carbocycles. The van der Waals surface area contributed by atoms with E-state index in [0.29, 0.717) is 24.0 Å². The molecule has 0 amide bonds. The first kappa shape index (κ1) is 11.4. The van der Waals surface area contributed by atoms with Crippen LogP contribution in [0, 0.1) is 31.6 Å². The van der Waals surface area contributed by atoms with E-state index in [9.17, 15) is 4.79 Å². The quantitative estimate of drug-likeness (QED) is 0.822. The van der Waals surface area contributed by atoms with E-state index in [-0.39, 0.29) is 0 Å². The van der Waals surface area contributed by atoms with Gasteiger partial charge in [0, 0.05) is 10.8 Å². The van der Waals surface area contributed by atoms with Crippen LogP contribution in [0.3, 0.4) is 0 Å². The van der Waals surface area contributed by atoms with Crippen molar-refractivity contribution < 1.29 is 4.79 Å². The van der Waals surface area contributed by atoms with Gasteiger partial charge in [0.1, 0.15) is 10.8 Å². The van der Waals surface area contributed by atoms with Crippen molar-refractivity contribution in [3.8, 4) is 0 Å². The van der Waals surface area contributed by atoms with E-state index in [1.54, 1.807) is 11.3 Å². The number of ketones is 1. The molecule has 1 aromatic heterocycles. The molecule has 2 fully saturated rings. The van der Waals surface area contributed by atoms with Crippen molar-refractivity contribution in [2.75, 3.05) is 0 Å². The zero-order valence-electron chi connectivity index (χ0n) is 10.5. The minimum atomic E-state index is 0.360. The zero-order valence-corrected chi connectivity index (χ0v) is 11.3. The van der Waals surface area contributed by atoms with Gasteiger partial charge in [0.05, 0.1) is 12.1 Å². The number of rotatable bonds is 3. The molecule has 2 bridgehead atoms. The molecule has 17 heavy (non-hydrogen) atoms. The maximum absolute atomic E-state index is 12.3. The average molecular weight is 249 g/mol. The number of Topliss-reactive ketones (excluding diaryl/α,β-unsaturated/α-hetero) is 1. The third-order valence-electron chi connectivity index (χ3n) is 4.55. The van der Waals surface area contributed by atoms with Gasteiger partial charge in [-0.25, -0.2) is 4.98 Å². The molecular weight excluding hydrogens is 230 g/mol. The molecule has 92 valence electrons. The average Bonchev–Trinajstić information content (AvgIpc) is 2.95. The summed E-state index contributed by atoms with van der Waals surface area (Å²) in [6.07, 6.45) is 5.70. The molecule has 1 aromatic rings. The highest BCUT2D eigenvalue weighted by Crippen LogP contribution is 2.48. The standard InChI is InChI=1S/C14H19NOS/c1-8-9(2)17-14(15-8)7-13(16)12-6-10-3-4-11(12)5-10/h10-12H,3-7H2,1-2H3. The number of carbonyl (C=O) groups excluding carboxylic acids is 1. The summed E-state index contributed by atoms with van der Waals surface area (Å²) in [6.45, 7) is 4.11. The van der Waals surface area contributed by atoms with Crippen LogP contribution >= 0.6 is 11.3 Å². The van der Waals surface area contributed by atoms with E-state index in [4.69, 9.17) is 0 Å². The fourth-order valence-electron chi connectivity index (χ4n) is 3.53. The van der Waals surface area contributed by atoms with Crippen LogP contribution in [0.1, 0.15) is 41.3 Å². The van der Waals surface area contributed by atoms with Crippen LogP contribution in [0.4, 0.5) is 0 Å². The molecule has 2 nitrogen and oxygen atoms in total. The number of nitrogens with zero attached hydrogens (tertiary/aromatic N) is 1. The molecule has 0 N–H and O–H groups in total. The molecule has 2 aliphatic carbocycles. The molecule has 3 atom stereocenters. The molecule has 2 aliphatic rings. The van der Waals surface area contributed by atoms with Gasteiger partial charge in [-0.2, -0.15) is 0 Å². The smallest absolute Gasteiger partial charge is 0.143 e. The van der Waals surface area contributed by atoms with Crippen molar-refractivity contribution >= 4 is 17.1 Å². The van der Waals surface area contributed by atoms with Gasteiger partial charge >= 0.3 is 0 Å². The van der Waals surface area contributed by atoms with Crippen molar-refractivity contribution in [1.29, 1.82) is 0 Å². The van der Waals surface area contributed by atoms with Crippen molar-refractivity contribution in [1.82, 2.24) is 4.98 Å². The van der Waals surface area contributed by atoms with Crippen molar-refractivity contribution in [3.63, 3.8) is 0 Å². The van der Waals surface area contributed by atoms with Crippen LogP contribution in [0.2, 0.25) is 0 Å². The van der Waals surface area contributed by atoms with E-state index in [1.807, 2.05) is 6.92 Å². The molecule has 3 heteroatoms. The van der Waals surface area contributed by atoms with Gasteiger partial charge in [-0.15, -0.1) is 11.3 Å². The summed E-state index contributed by atoms with van der Waals surface area (Å²) in [5.74, 6) is 2.37. The lowest BCUT2D eigenvalue weighted by Crippen LogP contribution is -2.22. The van der Waals surface area contributed by atoms with Gasteiger partial charge in [0.2, 0.25) is 0 Å². The fourth-order valence-corrected chi connectivity index (χ4v) is 4.48. The normalized spacial score (nSPS) is 31.1. The number of aryl methyl sites for hydroxylation is 2. The van der Waals surface area contributed by atoms with Crippen molar-refractivity contribution in [2.45, 2.75) is 46.0 Å². The number of aromatic nitrogens is 1. The maximum atomic E-state index is 12.3. The predicted octanol–water partition coefficient (Wildman–Crippen LogP) is 3.31. The van der Waals surface area contributed by atoms with E-state index in [1.165, 1.54) is 24.1 Å². The van der Waals surface area contributed by atoms with E-state index in [0.717, 1.165) is 23.0 Å². The van der Waals surface area contributed by atoms with Crippen LogP contribution < -0.4 is 0 Å². The highest BCUT2D eigenvalue weighted by molar-refractivity contribution is 7.11. The van der Waals surface area contributed by atoms with Gasteiger partial charge in [-0.05, 0) is 44.9 Å². The number of hydrogen-bond acceptors (Lipinski definition) is 3. The Morgan fingerprint density at radius 2 is 2.18 bits per heavy atom. The van der Waals surface area contributed by atoms with Gasteiger partial charge < -0.3 is 0 Å². The molecular formula is C14H19NOS. The third-order valence-corrected chi connectivity index (χ3v) is 5.62. The Morgan fingerprint density at radius 1 is 1.35 bits per heavy atom. The molecule has 3 rings (SSSR count). The Bertz CT molecular complexity index is 432. The Kier molecular flexibility index (Phi) is 2.81. The molecule has 2 saturated carbocycles. The molecule has 0 spiro atoms. The SMILES string of the molecule is Cc1nc(CC(=O)C2CC3CCC2C3)sc1C. The molecule has 3 unspecified atom stereocenters. The van der Waals surface area contributed by atoms with Crippen molar-refractivity contribution in [3.05, 3.63) is 15.6 Å². The maximum Gasteiger partial charge on any atom is 0.143 e. The van der Waals surface area contributed by atoms with Crippen LogP contribution in [0.5, 0.6) is 0 Å². The molecule has 0 aliphatic heterocycles. The van der Waals surface area contributed by atoms with Gasteiger partial charge in [-0.1, -0.05) is 6.42 Å². The van der Waals surface area contributed by atoms with E-state index >= 15 is 0 Å². The summed E-state index contributed by atoms with van der Waals surface area (Å²) < 4.78 is 0. The second-order valence-electron chi connectivity index (χ2n) is 5.67. The summed E-state index contributed by atoms with van der Waals surface area (Å²) in [5, 5.41) is 1.02. The molecule has 0 radical (unpaired) electrons. The van der Waals surface area contributed by atoms with Crippen molar-refractivity contribution in [2.24, 2.45) is 17.8 Å². The fraction of sp³-hybridized carbons (Fsp3) is 0.714. The Hall–Kier alpha value is -0.700. The van der Waals surface area contributed by atoms with Crippen LogP contribution in [0.15, 0.2) is 0 Å². The highest BCUT2D eigenvalue weighted by Gasteiger charge is 2.42. The lowest BCUT2D eigenvalue weighted by atomic mass is 9.85. The summed E-state index contributed by atoms with van der Waals surface area (Å²) >= 11 is 1.69.